The maximum absolute atomic E-state index is 12.2. The Hall–Kier alpha value is -1.82. The van der Waals surface area contributed by atoms with Gasteiger partial charge in [-0.3, -0.25) is 0 Å². The molecule has 1 saturated heterocycles. The standard InChI is InChI=1S/C16H21NO4S/c1-16(2,3)14-12(11-17(14)15(18)19)9-10-22(20,21)13-7-5-4-6-8-13/h4-10,12,14H,11H2,1-3H3,(H,18,19). The van der Waals surface area contributed by atoms with E-state index in [9.17, 15) is 18.3 Å². The van der Waals surface area contributed by atoms with Crippen LogP contribution in [0.15, 0.2) is 46.7 Å². The molecule has 0 bridgehead atoms. The zero-order valence-corrected chi connectivity index (χ0v) is 13.7. The van der Waals surface area contributed by atoms with Crippen LogP contribution in [0.2, 0.25) is 0 Å². The van der Waals surface area contributed by atoms with E-state index in [2.05, 4.69) is 0 Å². The van der Waals surface area contributed by atoms with Crippen LogP contribution in [0.4, 0.5) is 4.79 Å². The molecule has 0 aromatic heterocycles. The lowest BCUT2D eigenvalue weighted by Crippen LogP contribution is -2.62. The van der Waals surface area contributed by atoms with Crippen LogP contribution >= 0.6 is 0 Å². The van der Waals surface area contributed by atoms with Gasteiger partial charge >= 0.3 is 6.09 Å². The van der Waals surface area contributed by atoms with Crippen LogP contribution in [-0.2, 0) is 9.84 Å². The highest BCUT2D eigenvalue weighted by atomic mass is 32.2. The molecule has 120 valence electrons. The molecule has 1 heterocycles. The molecule has 2 rings (SSSR count). The van der Waals surface area contributed by atoms with Crippen LogP contribution in [0.5, 0.6) is 0 Å². The van der Waals surface area contributed by atoms with E-state index in [-0.39, 0.29) is 22.3 Å². The van der Waals surface area contributed by atoms with Gasteiger partial charge in [0.25, 0.3) is 0 Å². The molecule has 2 unspecified atom stereocenters. The van der Waals surface area contributed by atoms with Crippen molar-refractivity contribution in [1.29, 1.82) is 0 Å². The van der Waals surface area contributed by atoms with Crippen LogP contribution in [0.3, 0.4) is 0 Å². The first kappa shape index (κ1) is 16.5. The predicted octanol–water partition coefficient (Wildman–Crippen LogP) is 3.00. The Bertz CT molecular complexity index is 674. The van der Waals surface area contributed by atoms with Crippen molar-refractivity contribution < 1.29 is 18.3 Å². The zero-order chi connectivity index (χ0) is 16.5. The summed E-state index contributed by atoms with van der Waals surface area (Å²) in [5.74, 6) is -0.0883. The second-order valence-electron chi connectivity index (χ2n) is 6.60. The Kier molecular flexibility index (Phi) is 4.33. The van der Waals surface area contributed by atoms with E-state index in [4.69, 9.17) is 0 Å². The van der Waals surface area contributed by atoms with Gasteiger partial charge in [-0.2, -0.15) is 0 Å². The van der Waals surface area contributed by atoms with Crippen molar-refractivity contribution in [2.45, 2.75) is 31.7 Å². The van der Waals surface area contributed by atoms with Gasteiger partial charge in [0.15, 0.2) is 9.84 Å². The number of carbonyl (C=O) groups is 1. The summed E-state index contributed by atoms with van der Waals surface area (Å²) in [6.45, 7) is 6.20. The summed E-state index contributed by atoms with van der Waals surface area (Å²) in [5.41, 5.74) is -0.248. The highest BCUT2D eigenvalue weighted by molar-refractivity contribution is 7.94. The van der Waals surface area contributed by atoms with Crippen molar-refractivity contribution >= 4 is 15.9 Å². The molecule has 22 heavy (non-hydrogen) atoms. The first-order chi connectivity index (χ1) is 10.1. The molecule has 1 fully saturated rings. The lowest BCUT2D eigenvalue weighted by molar-refractivity contribution is -0.0145. The number of hydrogen-bond acceptors (Lipinski definition) is 3. The van der Waals surface area contributed by atoms with Crippen LogP contribution in [0, 0.1) is 11.3 Å². The minimum Gasteiger partial charge on any atom is -0.465 e. The number of sulfone groups is 1. The second kappa shape index (κ2) is 5.76. The van der Waals surface area contributed by atoms with E-state index in [1.54, 1.807) is 36.4 Å². The molecule has 5 nitrogen and oxygen atoms in total. The summed E-state index contributed by atoms with van der Waals surface area (Å²) in [5, 5.41) is 10.4. The maximum Gasteiger partial charge on any atom is 0.407 e. The molecule has 2 atom stereocenters. The molecule has 1 N–H and O–H groups in total. The van der Waals surface area contributed by atoms with Gasteiger partial charge in [0.1, 0.15) is 0 Å². The van der Waals surface area contributed by atoms with Gasteiger partial charge < -0.3 is 10.0 Å². The van der Waals surface area contributed by atoms with Gasteiger partial charge in [0.2, 0.25) is 0 Å². The topological polar surface area (TPSA) is 74.7 Å². The third-order valence-electron chi connectivity index (χ3n) is 3.86. The Morgan fingerprint density at radius 1 is 1.27 bits per heavy atom. The van der Waals surface area contributed by atoms with E-state index in [1.807, 2.05) is 20.8 Å². The molecular formula is C16H21NO4S. The molecule has 6 heteroatoms. The lowest BCUT2D eigenvalue weighted by atomic mass is 9.72. The highest BCUT2D eigenvalue weighted by Crippen LogP contribution is 2.39. The quantitative estimate of drug-likeness (QED) is 0.928. The first-order valence-electron chi connectivity index (χ1n) is 7.11. The smallest absolute Gasteiger partial charge is 0.407 e. The van der Waals surface area contributed by atoms with E-state index >= 15 is 0 Å². The normalized spacial score (nSPS) is 22.6. The van der Waals surface area contributed by atoms with E-state index < -0.39 is 15.9 Å². The molecule has 1 aliphatic rings. The largest absolute Gasteiger partial charge is 0.465 e. The van der Waals surface area contributed by atoms with Crippen LogP contribution in [0.25, 0.3) is 0 Å². The average molecular weight is 323 g/mol. The summed E-state index contributed by atoms with van der Waals surface area (Å²) in [6.07, 6.45) is 0.660. The number of carboxylic acid groups (broad SMARTS) is 1. The molecule has 0 spiro atoms. The molecule has 0 radical (unpaired) electrons. The Morgan fingerprint density at radius 2 is 1.86 bits per heavy atom. The van der Waals surface area contributed by atoms with Gasteiger partial charge in [0, 0.05) is 23.9 Å². The molecule has 1 aromatic carbocycles. The van der Waals surface area contributed by atoms with Gasteiger partial charge in [-0.15, -0.1) is 0 Å². The fourth-order valence-electron chi connectivity index (χ4n) is 2.90. The molecular weight excluding hydrogens is 302 g/mol. The fraction of sp³-hybridized carbons (Fsp3) is 0.438. The number of nitrogens with zero attached hydrogens (tertiary/aromatic N) is 1. The molecule has 1 amide bonds. The van der Waals surface area contributed by atoms with Gasteiger partial charge in [-0.05, 0) is 17.5 Å². The number of amides is 1. The van der Waals surface area contributed by atoms with Gasteiger partial charge in [-0.25, -0.2) is 13.2 Å². The van der Waals surface area contributed by atoms with Crippen molar-refractivity contribution in [3.63, 3.8) is 0 Å². The number of rotatable bonds is 3. The summed E-state index contributed by atoms with van der Waals surface area (Å²) in [7, 11) is -3.48. The Balaban J connectivity index is 2.19. The van der Waals surface area contributed by atoms with E-state index in [0.717, 1.165) is 0 Å². The Morgan fingerprint density at radius 3 is 2.36 bits per heavy atom. The molecule has 0 saturated carbocycles. The number of hydrogen-bond donors (Lipinski definition) is 1. The predicted molar refractivity (Wildman–Crippen MR) is 84.2 cm³/mol. The molecule has 1 aliphatic heterocycles. The highest BCUT2D eigenvalue weighted by Gasteiger charge is 2.47. The summed E-state index contributed by atoms with van der Waals surface area (Å²) in [6, 6.07) is 7.99. The van der Waals surface area contributed by atoms with Crippen molar-refractivity contribution in [3.8, 4) is 0 Å². The third kappa shape index (κ3) is 3.32. The number of benzene rings is 1. The summed E-state index contributed by atoms with van der Waals surface area (Å²) in [4.78, 5) is 12.8. The lowest BCUT2D eigenvalue weighted by Gasteiger charge is -2.51. The molecule has 0 aliphatic carbocycles. The van der Waals surface area contributed by atoms with Gasteiger partial charge in [-0.1, -0.05) is 45.0 Å². The van der Waals surface area contributed by atoms with E-state index in [1.165, 1.54) is 10.3 Å². The summed E-state index contributed by atoms with van der Waals surface area (Å²) >= 11 is 0. The third-order valence-corrected chi connectivity index (χ3v) is 5.30. The zero-order valence-electron chi connectivity index (χ0n) is 12.9. The fourth-order valence-corrected chi connectivity index (χ4v) is 4.00. The number of likely N-dealkylation sites (tertiary alicyclic amines) is 1. The SMILES string of the molecule is CC(C)(C)C1C(C=CS(=O)(=O)c2ccccc2)CN1C(=O)O. The molecule has 1 aromatic rings. The van der Waals surface area contributed by atoms with Crippen molar-refractivity contribution in [1.82, 2.24) is 4.90 Å². The second-order valence-corrected chi connectivity index (χ2v) is 8.43. The van der Waals surface area contributed by atoms with Crippen LogP contribution in [-0.4, -0.2) is 37.1 Å². The van der Waals surface area contributed by atoms with Crippen molar-refractivity contribution in [3.05, 3.63) is 41.8 Å². The van der Waals surface area contributed by atoms with Crippen LogP contribution in [0.1, 0.15) is 20.8 Å². The first-order valence-corrected chi connectivity index (χ1v) is 8.65. The van der Waals surface area contributed by atoms with Crippen molar-refractivity contribution in [2.75, 3.05) is 6.54 Å². The minimum atomic E-state index is -3.48. The summed E-state index contributed by atoms with van der Waals surface area (Å²) < 4.78 is 24.5. The average Bonchev–Trinajstić information content (AvgIpc) is 2.35. The minimum absolute atomic E-state index is 0.0883. The van der Waals surface area contributed by atoms with Gasteiger partial charge in [0.05, 0.1) is 4.90 Å². The monoisotopic (exact) mass is 323 g/mol. The Labute approximate surface area is 131 Å². The van der Waals surface area contributed by atoms with Crippen molar-refractivity contribution in [2.24, 2.45) is 11.3 Å². The van der Waals surface area contributed by atoms with E-state index in [0.29, 0.717) is 6.54 Å². The van der Waals surface area contributed by atoms with Crippen LogP contribution < -0.4 is 0 Å². The maximum atomic E-state index is 12.2.